The molecule has 40 heavy (non-hydrogen) atoms. The summed E-state index contributed by atoms with van der Waals surface area (Å²) >= 11 is 0. The van der Waals surface area contributed by atoms with Gasteiger partial charge in [0.15, 0.2) is 0 Å². The van der Waals surface area contributed by atoms with E-state index in [9.17, 15) is 28.1 Å². The molecular weight excluding hydrogens is 529 g/mol. The molecule has 4 rings (SSSR count). The number of rotatable bonds is 8. The maximum absolute atomic E-state index is 13.2. The van der Waals surface area contributed by atoms with E-state index in [0.717, 1.165) is 17.7 Å². The number of nitro benzene ring substituents is 1. The first-order valence-electron chi connectivity index (χ1n) is 13.3. The van der Waals surface area contributed by atoms with E-state index in [1.165, 1.54) is 6.42 Å². The third-order valence-electron chi connectivity index (χ3n) is 5.88. The highest BCUT2D eigenvalue weighted by Gasteiger charge is 2.36. The van der Waals surface area contributed by atoms with Crippen molar-refractivity contribution in [2.24, 2.45) is 5.92 Å². The monoisotopic (exact) mass is 566 g/mol. The second-order valence-corrected chi connectivity index (χ2v) is 9.22. The molecule has 1 aliphatic carbocycles. The molecule has 220 valence electrons. The van der Waals surface area contributed by atoms with Crippen LogP contribution in [0.15, 0.2) is 30.4 Å². The molecule has 0 spiro atoms. The van der Waals surface area contributed by atoms with Gasteiger partial charge in [-0.3, -0.25) is 14.9 Å². The van der Waals surface area contributed by atoms with E-state index in [0.29, 0.717) is 36.0 Å². The molecule has 0 unspecified atom stereocenters. The number of allylic oxidation sites excluding steroid dienone is 1. The molecule has 1 aliphatic heterocycles. The zero-order valence-corrected chi connectivity index (χ0v) is 23.3. The number of nitro groups is 1. The summed E-state index contributed by atoms with van der Waals surface area (Å²) in [6.45, 7) is 12.4. The lowest BCUT2D eigenvalue weighted by Crippen LogP contribution is -2.36. The number of nitrogens with one attached hydrogen (secondary N) is 2. The Morgan fingerprint density at radius 1 is 1.18 bits per heavy atom. The number of fused-ring (bicyclic) bond motifs is 1. The quantitative estimate of drug-likeness (QED) is 0.211. The molecule has 3 N–H and O–H groups in total. The lowest BCUT2D eigenvalue weighted by atomic mass is 9.80. The first kappa shape index (κ1) is 32.5. The highest BCUT2D eigenvalue weighted by Crippen LogP contribution is 2.37. The third-order valence-corrected chi connectivity index (χ3v) is 5.88. The van der Waals surface area contributed by atoms with Gasteiger partial charge in [-0.2, -0.15) is 18.2 Å². The van der Waals surface area contributed by atoms with Crippen molar-refractivity contribution in [3.63, 3.8) is 0 Å². The van der Waals surface area contributed by atoms with E-state index < -0.39 is 22.4 Å². The van der Waals surface area contributed by atoms with Crippen LogP contribution < -0.4 is 10.6 Å². The van der Waals surface area contributed by atoms with Crippen LogP contribution in [0.3, 0.4) is 0 Å². The Balaban J connectivity index is 0.00000105. The number of halogens is 3. The van der Waals surface area contributed by atoms with Gasteiger partial charge in [-0.05, 0) is 24.5 Å². The van der Waals surface area contributed by atoms with Gasteiger partial charge in [0.25, 0.3) is 5.69 Å². The predicted octanol–water partition coefficient (Wildman–Crippen LogP) is 5.67. The number of non-ortho nitro benzene ring substituents is 1. The van der Waals surface area contributed by atoms with Crippen molar-refractivity contribution in [1.82, 2.24) is 14.9 Å². The van der Waals surface area contributed by atoms with Gasteiger partial charge in [0, 0.05) is 36.7 Å². The number of carbonyl (C=O) groups excluding carboxylic acids is 1. The first-order chi connectivity index (χ1) is 19.0. The van der Waals surface area contributed by atoms with Gasteiger partial charge in [0.2, 0.25) is 11.9 Å². The number of nitrogens with zero attached hydrogens (tertiary/aromatic N) is 4. The van der Waals surface area contributed by atoms with Crippen molar-refractivity contribution in [2.75, 3.05) is 23.8 Å². The normalized spacial score (nSPS) is 14.2. The van der Waals surface area contributed by atoms with Crippen LogP contribution in [0.1, 0.15) is 69.3 Å². The van der Waals surface area contributed by atoms with Crippen LogP contribution in [0.25, 0.3) is 0 Å². The fraction of sp³-hybridized carbons (Fsp3) is 0.519. The van der Waals surface area contributed by atoms with Gasteiger partial charge in [-0.15, -0.1) is 0 Å². The predicted molar refractivity (Wildman–Crippen MR) is 146 cm³/mol. The number of aliphatic hydroxyl groups excluding tert-OH is 1. The number of hydrogen-bond acceptors (Lipinski definition) is 8. The number of hydrogen-bond donors (Lipinski definition) is 3. The minimum atomic E-state index is -4.74. The molecule has 13 heteroatoms. The average Bonchev–Trinajstić information content (AvgIpc) is 3.34. The van der Waals surface area contributed by atoms with Crippen molar-refractivity contribution < 1.29 is 28.0 Å². The van der Waals surface area contributed by atoms with E-state index in [4.69, 9.17) is 5.11 Å². The SMILES string of the molecule is C=C1CC(C(=O)N2Cc3nc(NCCO)nc(NCc4cc([N+](=O)[O-])cc(C(F)(F)F)c4)c3C2)C1.CC.CCC. The molecule has 1 fully saturated rings. The lowest BCUT2D eigenvalue weighted by Gasteiger charge is -2.30. The smallest absolute Gasteiger partial charge is 0.395 e. The number of alkyl halides is 3. The molecule has 2 aromatic rings. The topological polar surface area (TPSA) is 134 Å². The van der Waals surface area contributed by atoms with Crippen LogP contribution in [0.5, 0.6) is 0 Å². The van der Waals surface area contributed by atoms with Gasteiger partial charge >= 0.3 is 6.18 Å². The molecule has 0 bridgehead atoms. The first-order valence-corrected chi connectivity index (χ1v) is 13.3. The van der Waals surface area contributed by atoms with Crippen LogP contribution in [0.2, 0.25) is 0 Å². The summed E-state index contributed by atoms with van der Waals surface area (Å²) in [4.78, 5) is 33.5. The Bertz CT molecular complexity index is 1200. The number of amides is 1. The van der Waals surface area contributed by atoms with Crippen molar-refractivity contribution in [3.05, 3.63) is 62.8 Å². The number of carbonyl (C=O) groups is 1. The molecule has 0 atom stereocenters. The summed E-state index contributed by atoms with van der Waals surface area (Å²) in [5.74, 6) is 0.323. The molecule has 1 saturated carbocycles. The minimum absolute atomic E-state index is 0.0280. The molecule has 0 radical (unpaired) electrons. The summed E-state index contributed by atoms with van der Waals surface area (Å²) in [7, 11) is 0. The highest BCUT2D eigenvalue weighted by atomic mass is 19.4. The largest absolute Gasteiger partial charge is 0.416 e. The molecule has 2 heterocycles. The second-order valence-electron chi connectivity index (χ2n) is 9.22. The van der Waals surface area contributed by atoms with E-state index >= 15 is 0 Å². The van der Waals surface area contributed by atoms with E-state index in [-0.39, 0.29) is 56.1 Å². The molecular formula is C27H37F3N6O4. The van der Waals surface area contributed by atoms with Gasteiger partial charge in [-0.1, -0.05) is 46.3 Å². The van der Waals surface area contributed by atoms with Crippen LogP contribution in [0, 0.1) is 16.0 Å². The van der Waals surface area contributed by atoms with Crippen molar-refractivity contribution in [1.29, 1.82) is 0 Å². The Labute approximate surface area is 231 Å². The molecule has 1 amide bonds. The van der Waals surface area contributed by atoms with Gasteiger partial charge in [0.05, 0.1) is 35.9 Å². The maximum Gasteiger partial charge on any atom is 0.416 e. The van der Waals surface area contributed by atoms with Gasteiger partial charge in [-0.25, -0.2) is 4.98 Å². The van der Waals surface area contributed by atoms with Crippen LogP contribution in [-0.4, -0.2) is 44.0 Å². The number of aliphatic hydroxyl groups is 1. The average molecular weight is 567 g/mol. The Kier molecular flexibility index (Phi) is 11.8. The Hall–Kier alpha value is -3.74. The van der Waals surface area contributed by atoms with Crippen LogP contribution in [0.4, 0.5) is 30.6 Å². The maximum atomic E-state index is 13.2. The van der Waals surface area contributed by atoms with Crippen molar-refractivity contribution in [2.45, 2.75) is 72.8 Å². The molecule has 0 saturated heterocycles. The van der Waals surface area contributed by atoms with Crippen LogP contribution >= 0.6 is 0 Å². The fourth-order valence-electron chi connectivity index (χ4n) is 4.10. The third kappa shape index (κ3) is 8.38. The zero-order valence-electron chi connectivity index (χ0n) is 23.3. The molecule has 1 aromatic carbocycles. The fourth-order valence-corrected chi connectivity index (χ4v) is 4.10. The van der Waals surface area contributed by atoms with E-state index in [1.54, 1.807) is 4.90 Å². The number of aromatic nitrogens is 2. The summed E-state index contributed by atoms with van der Waals surface area (Å²) in [5, 5.41) is 26.0. The number of anilines is 2. The van der Waals surface area contributed by atoms with Gasteiger partial charge < -0.3 is 20.6 Å². The summed E-state index contributed by atoms with van der Waals surface area (Å²) < 4.78 is 39.7. The van der Waals surface area contributed by atoms with Crippen molar-refractivity contribution in [3.8, 4) is 0 Å². The van der Waals surface area contributed by atoms with Crippen molar-refractivity contribution >= 4 is 23.4 Å². The van der Waals surface area contributed by atoms with Gasteiger partial charge in [0.1, 0.15) is 5.82 Å². The second kappa shape index (κ2) is 14.6. The summed E-state index contributed by atoms with van der Waals surface area (Å²) in [6.07, 6.45) is -2.22. The zero-order chi connectivity index (χ0) is 30.0. The highest BCUT2D eigenvalue weighted by molar-refractivity contribution is 5.81. The van der Waals surface area contributed by atoms with E-state index in [1.807, 2.05) is 13.8 Å². The van der Waals surface area contributed by atoms with Crippen LogP contribution in [-0.2, 0) is 30.6 Å². The van der Waals surface area contributed by atoms with E-state index in [2.05, 4.69) is 41.0 Å². The molecule has 2 aliphatic rings. The lowest BCUT2D eigenvalue weighted by molar-refractivity contribution is -0.385. The molecule has 1 aromatic heterocycles. The summed E-state index contributed by atoms with van der Waals surface area (Å²) in [5.41, 5.74) is 0.460. The minimum Gasteiger partial charge on any atom is -0.395 e. The standard InChI is InChI=1S/C22H23F3N6O4.C3H8.C2H6/c1-12-4-14(5-12)20(33)30-10-17-18(11-30)28-21(26-2-3-32)29-19(17)27-9-13-6-15(22(23,24)25)8-16(7-13)31(34)35;1-3-2;1-2/h6-8,14,32H,1-5,9-11H2,(H2,26,27,28,29);3H2,1-2H3;1-2H3. The molecule has 10 nitrogen and oxygen atoms in total. The Morgan fingerprint density at radius 3 is 2.38 bits per heavy atom. The number of benzene rings is 1. The summed E-state index contributed by atoms with van der Waals surface area (Å²) in [6, 6.07) is 2.39. The Morgan fingerprint density at radius 2 is 1.82 bits per heavy atom.